The molecule has 26 heavy (non-hydrogen) atoms. The zero-order valence-electron chi connectivity index (χ0n) is 15.7. The van der Waals surface area contributed by atoms with Crippen molar-refractivity contribution in [2.24, 2.45) is 0 Å². The van der Waals surface area contributed by atoms with Gasteiger partial charge >= 0.3 is 0 Å². The Bertz CT molecular complexity index is 732. The minimum Gasteiger partial charge on any atom is -0.497 e. The predicted molar refractivity (Wildman–Crippen MR) is 104 cm³/mol. The van der Waals surface area contributed by atoms with Crippen LogP contribution in [-0.2, 0) is 0 Å². The number of ketones is 1. The minimum atomic E-state index is -0.0691. The maximum atomic E-state index is 12.4. The molecule has 2 rings (SSSR count). The summed E-state index contributed by atoms with van der Waals surface area (Å²) in [5.41, 5.74) is 1.46. The zero-order chi connectivity index (χ0) is 18.8. The third-order valence-electron chi connectivity index (χ3n) is 3.71. The van der Waals surface area contributed by atoms with E-state index in [1.54, 1.807) is 43.5 Å². The van der Waals surface area contributed by atoms with E-state index in [2.05, 4.69) is 13.8 Å². The van der Waals surface area contributed by atoms with Crippen molar-refractivity contribution < 1.29 is 19.0 Å². The van der Waals surface area contributed by atoms with Crippen LogP contribution in [0.25, 0.3) is 6.08 Å². The Labute approximate surface area is 155 Å². The molecule has 0 bridgehead atoms. The fourth-order valence-corrected chi connectivity index (χ4v) is 2.32. The van der Waals surface area contributed by atoms with Gasteiger partial charge in [-0.3, -0.25) is 4.79 Å². The molecule has 0 spiro atoms. The molecular weight excluding hydrogens is 328 g/mol. The highest BCUT2D eigenvalue weighted by Crippen LogP contribution is 2.27. The van der Waals surface area contributed by atoms with Crippen LogP contribution in [0.3, 0.4) is 0 Å². The Morgan fingerprint density at radius 2 is 1.58 bits per heavy atom. The molecule has 0 aliphatic heterocycles. The molecule has 0 saturated carbocycles. The minimum absolute atomic E-state index is 0.0691. The van der Waals surface area contributed by atoms with Crippen LogP contribution >= 0.6 is 0 Å². The molecule has 0 unspecified atom stereocenters. The molecule has 138 valence electrons. The number of allylic oxidation sites excluding steroid dienone is 1. The molecule has 2 aromatic carbocycles. The first kappa shape index (κ1) is 19.6. The van der Waals surface area contributed by atoms with Gasteiger partial charge < -0.3 is 14.2 Å². The second kappa shape index (κ2) is 10.3. The molecule has 0 radical (unpaired) electrons. The van der Waals surface area contributed by atoms with E-state index in [-0.39, 0.29) is 5.78 Å². The smallest absolute Gasteiger partial charge is 0.185 e. The van der Waals surface area contributed by atoms with Crippen LogP contribution in [-0.4, -0.2) is 26.1 Å². The lowest BCUT2D eigenvalue weighted by molar-refractivity contribution is 0.104. The molecule has 0 aliphatic rings. The van der Waals surface area contributed by atoms with E-state index in [0.29, 0.717) is 18.8 Å². The number of benzene rings is 2. The van der Waals surface area contributed by atoms with Gasteiger partial charge in [-0.2, -0.15) is 0 Å². The van der Waals surface area contributed by atoms with Gasteiger partial charge in [0.05, 0.1) is 20.3 Å². The Morgan fingerprint density at radius 1 is 0.923 bits per heavy atom. The molecule has 0 N–H and O–H groups in total. The van der Waals surface area contributed by atoms with Crippen LogP contribution < -0.4 is 14.2 Å². The first-order valence-corrected chi connectivity index (χ1v) is 8.94. The topological polar surface area (TPSA) is 44.8 Å². The number of ether oxygens (including phenoxy) is 3. The summed E-state index contributed by atoms with van der Waals surface area (Å²) in [5, 5.41) is 0. The van der Waals surface area contributed by atoms with E-state index in [0.717, 1.165) is 35.7 Å². The Morgan fingerprint density at radius 3 is 2.23 bits per heavy atom. The highest BCUT2D eigenvalue weighted by molar-refractivity contribution is 6.07. The van der Waals surface area contributed by atoms with Gasteiger partial charge in [-0.15, -0.1) is 0 Å². The van der Waals surface area contributed by atoms with Crippen LogP contribution in [0.2, 0.25) is 0 Å². The van der Waals surface area contributed by atoms with E-state index in [1.165, 1.54) is 0 Å². The number of rotatable bonds is 10. The Hall–Kier alpha value is -2.75. The average molecular weight is 354 g/mol. The first-order chi connectivity index (χ1) is 12.7. The lowest BCUT2D eigenvalue weighted by Gasteiger charge is -2.11. The highest BCUT2D eigenvalue weighted by atomic mass is 16.5. The van der Waals surface area contributed by atoms with Gasteiger partial charge in [-0.25, -0.2) is 0 Å². The van der Waals surface area contributed by atoms with Crippen molar-refractivity contribution in [3.8, 4) is 17.2 Å². The molecular formula is C22H26O4. The molecule has 0 heterocycles. The number of carbonyl (C=O) groups is 1. The third kappa shape index (κ3) is 5.66. The molecule has 0 fully saturated rings. The van der Waals surface area contributed by atoms with Gasteiger partial charge in [0.1, 0.15) is 17.2 Å². The molecule has 4 nitrogen and oxygen atoms in total. The highest BCUT2D eigenvalue weighted by Gasteiger charge is 2.06. The molecule has 2 aromatic rings. The number of methoxy groups -OCH3 is 1. The van der Waals surface area contributed by atoms with Crippen LogP contribution in [0, 0.1) is 0 Å². The first-order valence-electron chi connectivity index (χ1n) is 8.94. The molecule has 0 amide bonds. The zero-order valence-corrected chi connectivity index (χ0v) is 15.7. The predicted octanol–water partition coefficient (Wildman–Crippen LogP) is 5.17. The fourth-order valence-electron chi connectivity index (χ4n) is 2.32. The van der Waals surface area contributed by atoms with Crippen molar-refractivity contribution in [2.45, 2.75) is 26.7 Å². The summed E-state index contributed by atoms with van der Waals surface area (Å²) in [7, 11) is 1.60. The normalized spacial score (nSPS) is 10.7. The quantitative estimate of drug-likeness (QED) is 0.436. The van der Waals surface area contributed by atoms with Crippen molar-refractivity contribution in [3.63, 3.8) is 0 Å². The molecule has 0 atom stereocenters. The lowest BCUT2D eigenvalue weighted by Crippen LogP contribution is -2.00. The summed E-state index contributed by atoms with van der Waals surface area (Å²) < 4.78 is 16.6. The van der Waals surface area contributed by atoms with Crippen molar-refractivity contribution in [2.75, 3.05) is 20.3 Å². The van der Waals surface area contributed by atoms with E-state index < -0.39 is 0 Å². The standard InChI is InChI=1S/C22H26O4/c1-4-14-25-20-12-8-18(22(16-20)26-15-5-2)9-13-21(23)17-6-10-19(24-3)11-7-17/h6-13,16H,4-5,14-15H2,1-3H3/b13-9+. The lowest BCUT2D eigenvalue weighted by atomic mass is 10.1. The third-order valence-corrected chi connectivity index (χ3v) is 3.71. The molecule has 4 heteroatoms. The SMILES string of the molecule is CCCOc1ccc(/C=C/C(=O)c2ccc(OC)cc2)c(OCCC)c1. The summed E-state index contributed by atoms with van der Waals surface area (Å²) >= 11 is 0. The van der Waals surface area contributed by atoms with Gasteiger partial charge in [0, 0.05) is 17.2 Å². The van der Waals surface area contributed by atoms with Crippen molar-refractivity contribution in [1.82, 2.24) is 0 Å². The summed E-state index contributed by atoms with van der Waals surface area (Å²) in [6.45, 7) is 5.40. The second-order valence-electron chi connectivity index (χ2n) is 5.82. The van der Waals surface area contributed by atoms with Crippen molar-refractivity contribution in [3.05, 3.63) is 59.7 Å². The van der Waals surface area contributed by atoms with Gasteiger partial charge in [0.15, 0.2) is 5.78 Å². The Kier molecular flexibility index (Phi) is 7.75. The molecule has 0 saturated heterocycles. The largest absolute Gasteiger partial charge is 0.497 e. The van der Waals surface area contributed by atoms with E-state index in [9.17, 15) is 4.79 Å². The van der Waals surface area contributed by atoms with Crippen LogP contribution in [0.4, 0.5) is 0 Å². The number of hydrogen-bond donors (Lipinski definition) is 0. The van der Waals surface area contributed by atoms with Crippen LogP contribution in [0.5, 0.6) is 17.2 Å². The summed E-state index contributed by atoms with van der Waals surface area (Å²) in [6.07, 6.45) is 5.20. The monoisotopic (exact) mass is 354 g/mol. The maximum Gasteiger partial charge on any atom is 0.185 e. The van der Waals surface area contributed by atoms with Gasteiger partial charge in [-0.05, 0) is 61.4 Å². The number of hydrogen-bond acceptors (Lipinski definition) is 4. The fraction of sp³-hybridized carbons (Fsp3) is 0.318. The summed E-state index contributed by atoms with van der Waals surface area (Å²) in [6, 6.07) is 12.7. The molecule has 0 aliphatic carbocycles. The van der Waals surface area contributed by atoms with Crippen molar-refractivity contribution >= 4 is 11.9 Å². The Balaban J connectivity index is 2.16. The van der Waals surface area contributed by atoms with Crippen LogP contribution in [0.15, 0.2) is 48.5 Å². The maximum absolute atomic E-state index is 12.4. The molecule has 0 aromatic heterocycles. The van der Waals surface area contributed by atoms with Crippen LogP contribution in [0.1, 0.15) is 42.6 Å². The van der Waals surface area contributed by atoms with Crippen molar-refractivity contribution in [1.29, 1.82) is 0 Å². The van der Waals surface area contributed by atoms with E-state index in [4.69, 9.17) is 14.2 Å². The summed E-state index contributed by atoms with van der Waals surface area (Å²) in [5.74, 6) is 2.15. The number of carbonyl (C=O) groups excluding carboxylic acids is 1. The van der Waals surface area contributed by atoms with E-state index in [1.807, 2.05) is 18.2 Å². The second-order valence-corrected chi connectivity index (χ2v) is 5.82. The average Bonchev–Trinajstić information content (AvgIpc) is 2.69. The van der Waals surface area contributed by atoms with Gasteiger partial charge in [0.2, 0.25) is 0 Å². The van der Waals surface area contributed by atoms with Gasteiger partial charge in [-0.1, -0.05) is 13.8 Å². The van der Waals surface area contributed by atoms with E-state index >= 15 is 0 Å². The summed E-state index contributed by atoms with van der Waals surface area (Å²) in [4.78, 5) is 12.4. The van der Waals surface area contributed by atoms with Gasteiger partial charge in [0.25, 0.3) is 0 Å².